The predicted octanol–water partition coefficient (Wildman–Crippen LogP) is -1.03. The third kappa shape index (κ3) is 2.35. The van der Waals surface area contributed by atoms with Crippen molar-refractivity contribution in [1.29, 1.82) is 0 Å². The fraction of sp³-hybridized carbons (Fsp3) is 0.545. The highest BCUT2D eigenvalue weighted by atomic mass is 16.5. The van der Waals surface area contributed by atoms with Gasteiger partial charge in [0, 0.05) is 0 Å². The Bertz CT molecular complexity index is 596. The van der Waals surface area contributed by atoms with Crippen LogP contribution in [0.1, 0.15) is 26.2 Å². The first-order chi connectivity index (χ1) is 9.82. The molecule has 2 aliphatic rings. The maximum atomic E-state index is 11.8. The summed E-state index contributed by atoms with van der Waals surface area (Å²) in [6, 6.07) is 0.977. The van der Waals surface area contributed by atoms with Crippen LogP contribution in [0.15, 0.2) is 9.98 Å². The Balaban J connectivity index is 2.22. The van der Waals surface area contributed by atoms with Crippen LogP contribution >= 0.6 is 0 Å². The van der Waals surface area contributed by atoms with Gasteiger partial charge in [-0.15, -0.1) is 0 Å². The van der Waals surface area contributed by atoms with Gasteiger partial charge < -0.3 is 0 Å². The number of hydroxylamine groups is 4. The van der Waals surface area contributed by atoms with Gasteiger partial charge in [0.1, 0.15) is 0 Å². The number of rotatable bonds is 3. The first-order valence-electron chi connectivity index (χ1n) is 6.11. The highest BCUT2D eigenvalue weighted by molar-refractivity contribution is 6.07. The highest BCUT2D eigenvalue weighted by Crippen LogP contribution is 2.29. The molecule has 0 aromatic rings. The number of aliphatic imine (C=N–C) groups is 2. The molecular weight excluding hydrogens is 284 g/mol. The minimum Gasteiger partial charge on any atom is -0.278 e. The van der Waals surface area contributed by atoms with Gasteiger partial charge in [0.15, 0.2) is 11.6 Å². The Morgan fingerprint density at radius 3 is 2.33 bits per heavy atom. The van der Waals surface area contributed by atoms with Crippen LogP contribution in [-0.2, 0) is 19.2 Å². The molecule has 0 radical (unpaired) electrons. The Labute approximate surface area is 118 Å². The highest BCUT2D eigenvalue weighted by Gasteiger charge is 2.51. The zero-order chi connectivity index (χ0) is 15.8. The molecule has 0 aromatic carbocycles. The van der Waals surface area contributed by atoms with Crippen molar-refractivity contribution in [2.24, 2.45) is 9.98 Å². The molecule has 4 amide bonds. The van der Waals surface area contributed by atoms with Crippen molar-refractivity contribution >= 4 is 29.6 Å². The monoisotopic (exact) mass is 296 g/mol. The third-order valence-corrected chi connectivity index (χ3v) is 3.43. The molecule has 0 aliphatic carbocycles. The summed E-state index contributed by atoms with van der Waals surface area (Å²) in [7, 11) is 0. The summed E-state index contributed by atoms with van der Waals surface area (Å²) < 4.78 is 0. The average molecular weight is 296 g/mol. The molecule has 2 unspecified atom stereocenters. The fourth-order valence-corrected chi connectivity index (χ4v) is 2.05. The first kappa shape index (κ1) is 15.0. The van der Waals surface area contributed by atoms with Gasteiger partial charge in [-0.25, -0.2) is 9.98 Å². The molecule has 2 saturated heterocycles. The molecule has 2 rings (SSSR count). The Morgan fingerprint density at radius 1 is 1.24 bits per heavy atom. The van der Waals surface area contributed by atoms with E-state index < -0.39 is 35.2 Å². The van der Waals surface area contributed by atoms with E-state index in [0.717, 1.165) is 0 Å². The molecule has 10 heteroatoms. The number of carbonyl (C=O) groups excluding carboxylic acids is 4. The Morgan fingerprint density at radius 2 is 1.90 bits per heavy atom. The number of amides is 4. The van der Waals surface area contributed by atoms with Crippen LogP contribution in [0.4, 0.5) is 0 Å². The van der Waals surface area contributed by atoms with E-state index in [-0.39, 0.29) is 29.4 Å². The molecule has 2 atom stereocenters. The predicted molar refractivity (Wildman–Crippen MR) is 63.2 cm³/mol. The fourth-order valence-electron chi connectivity index (χ4n) is 2.05. The second-order valence-electron chi connectivity index (χ2n) is 4.68. The Kier molecular flexibility index (Phi) is 3.69. The van der Waals surface area contributed by atoms with Gasteiger partial charge in [-0.3, -0.25) is 29.6 Å². The van der Waals surface area contributed by atoms with Crippen molar-refractivity contribution in [2.75, 3.05) is 0 Å². The first-order valence-corrected chi connectivity index (χ1v) is 6.11. The second-order valence-corrected chi connectivity index (χ2v) is 4.68. The molecule has 112 valence electrons. The minimum atomic E-state index is -1.50. The van der Waals surface area contributed by atoms with E-state index in [9.17, 15) is 24.4 Å². The molecular formula is C11H12N4O6. The zero-order valence-corrected chi connectivity index (χ0v) is 11.0. The zero-order valence-electron chi connectivity index (χ0n) is 11.0. The van der Waals surface area contributed by atoms with Gasteiger partial charge in [0.05, 0.1) is 18.9 Å². The minimum absolute atomic E-state index is 0.00557. The van der Waals surface area contributed by atoms with Crippen LogP contribution in [0.5, 0.6) is 0 Å². The number of hydrogen-bond donors (Lipinski definition) is 2. The van der Waals surface area contributed by atoms with Gasteiger partial charge >= 0.3 is 0 Å². The summed E-state index contributed by atoms with van der Waals surface area (Å²) in [6.07, 6.45) is -0.526. The Hall–Kier alpha value is -2.42. The van der Waals surface area contributed by atoms with E-state index in [1.165, 1.54) is 0 Å². The smallest absolute Gasteiger partial charge is 0.278 e. The van der Waals surface area contributed by atoms with Gasteiger partial charge in [-0.05, 0) is 6.42 Å². The molecule has 2 N–H and O–H groups in total. The summed E-state index contributed by atoms with van der Waals surface area (Å²) in [5, 5.41) is 18.2. The lowest BCUT2D eigenvalue weighted by atomic mass is 9.95. The maximum Gasteiger partial charge on any atom is 0.282 e. The van der Waals surface area contributed by atoms with E-state index >= 15 is 0 Å². The number of nitrogens with zero attached hydrogens (tertiary/aromatic N) is 4. The van der Waals surface area contributed by atoms with Gasteiger partial charge in [0.2, 0.25) is 0 Å². The molecule has 0 spiro atoms. The van der Waals surface area contributed by atoms with E-state index in [4.69, 9.17) is 5.21 Å². The molecule has 0 aromatic heterocycles. The topological polar surface area (TPSA) is 140 Å². The molecule has 0 bridgehead atoms. The molecule has 2 heterocycles. The lowest BCUT2D eigenvalue weighted by molar-refractivity contribution is -0.173. The normalized spacial score (nSPS) is 29.2. The second kappa shape index (κ2) is 5.17. The van der Waals surface area contributed by atoms with E-state index in [2.05, 4.69) is 16.0 Å². The molecule has 0 saturated carbocycles. The molecule has 21 heavy (non-hydrogen) atoms. The van der Waals surface area contributed by atoms with Crippen LogP contribution in [0.25, 0.3) is 0 Å². The summed E-state index contributed by atoms with van der Waals surface area (Å²) in [5.41, 5.74) is -1.50. The van der Waals surface area contributed by atoms with Crippen molar-refractivity contribution in [2.45, 2.75) is 37.8 Å². The quantitative estimate of drug-likeness (QED) is 0.388. The molecule has 10 nitrogen and oxygen atoms in total. The summed E-state index contributed by atoms with van der Waals surface area (Å²) in [4.78, 5) is 52.9. The van der Waals surface area contributed by atoms with E-state index in [1.807, 2.05) is 0 Å². The summed E-state index contributed by atoms with van der Waals surface area (Å²) >= 11 is 0. The number of carbonyl (C=O) groups is 4. The average Bonchev–Trinajstić information content (AvgIpc) is 2.83. The lowest BCUT2D eigenvalue weighted by Gasteiger charge is -2.16. The maximum absolute atomic E-state index is 11.8. The van der Waals surface area contributed by atoms with Crippen molar-refractivity contribution in [3.63, 3.8) is 0 Å². The molecule has 2 aliphatic heterocycles. The van der Waals surface area contributed by atoms with Crippen LogP contribution in [0, 0.1) is 0 Å². The van der Waals surface area contributed by atoms with Crippen molar-refractivity contribution in [1.82, 2.24) is 10.1 Å². The van der Waals surface area contributed by atoms with Crippen molar-refractivity contribution < 1.29 is 29.6 Å². The van der Waals surface area contributed by atoms with Crippen LogP contribution in [-0.4, -0.2) is 61.8 Å². The lowest BCUT2D eigenvalue weighted by Crippen LogP contribution is -2.37. The SMILES string of the molecule is CCC1(N=C=NC2CC(=O)N(O)C2=O)CC(=O)N(O)C1=O. The summed E-state index contributed by atoms with van der Waals surface area (Å²) in [6.45, 7) is 1.59. The van der Waals surface area contributed by atoms with Gasteiger partial charge in [0.25, 0.3) is 23.6 Å². The third-order valence-electron chi connectivity index (χ3n) is 3.43. The van der Waals surface area contributed by atoms with Crippen LogP contribution in [0.3, 0.4) is 0 Å². The van der Waals surface area contributed by atoms with E-state index in [0.29, 0.717) is 0 Å². The van der Waals surface area contributed by atoms with E-state index in [1.54, 1.807) is 6.92 Å². The number of imide groups is 2. The van der Waals surface area contributed by atoms with Crippen LogP contribution < -0.4 is 0 Å². The van der Waals surface area contributed by atoms with Crippen molar-refractivity contribution in [3.05, 3.63) is 0 Å². The molecule has 2 fully saturated rings. The van der Waals surface area contributed by atoms with Crippen LogP contribution in [0.2, 0.25) is 0 Å². The van der Waals surface area contributed by atoms with Gasteiger partial charge in [-0.2, -0.15) is 10.1 Å². The summed E-state index contributed by atoms with van der Waals surface area (Å²) in [5.74, 6) is -3.39. The van der Waals surface area contributed by atoms with Gasteiger partial charge in [-0.1, -0.05) is 6.92 Å². The van der Waals surface area contributed by atoms with Crippen molar-refractivity contribution in [3.8, 4) is 0 Å². The number of hydrogen-bond acceptors (Lipinski definition) is 8. The largest absolute Gasteiger partial charge is 0.282 e. The standard InChI is InChI=1S/C11H12N4O6/c1-2-11(4-8(17)15(21)10(11)19)13-5-12-6-3-7(16)14(20)9(6)18/h6,20-21H,2-4H2,1H3.